The number of alkyl halides is 3. The minimum Gasteiger partial charge on any atom is -0.324 e. The van der Waals surface area contributed by atoms with Crippen molar-refractivity contribution in [1.29, 1.82) is 0 Å². The maximum atomic E-state index is 13.4. The molecule has 0 heterocycles. The molecule has 0 aromatic heterocycles. The van der Waals surface area contributed by atoms with Gasteiger partial charge < -0.3 is 10.6 Å². The van der Waals surface area contributed by atoms with Crippen LogP contribution in [0.4, 0.5) is 23.2 Å². The molecule has 3 nitrogen and oxygen atoms in total. The second-order valence-electron chi connectivity index (χ2n) is 5.11. The Bertz CT molecular complexity index is 701. The zero-order valence-corrected chi connectivity index (χ0v) is 12.7. The first kappa shape index (κ1) is 17.9. The zero-order valence-electron chi connectivity index (χ0n) is 12.7. The third-order valence-electron chi connectivity index (χ3n) is 3.32. The highest BCUT2D eigenvalue weighted by atomic mass is 19.4. The summed E-state index contributed by atoms with van der Waals surface area (Å²) in [5.74, 6) is -0.928. The lowest BCUT2D eigenvalue weighted by Crippen LogP contribution is -2.30. The fourth-order valence-corrected chi connectivity index (χ4v) is 2.16. The highest BCUT2D eigenvalue weighted by Gasteiger charge is 2.33. The van der Waals surface area contributed by atoms with E-state index < -0.39 is 17.6 Å². The zero-order chi connectivity index (χ0) is 17.6. The first-order valence-corrected chi connectivity index (χ1v) is 7.28. The number of benzene rings is 2. The van der Waals surface area contributed by atoms with Crippen molar-refractivity contribution < 1.29 is 22.4 Å². The molecule has 2 aromatic rings. The Morgan fingerprint density at radius 2 is 1.67 bits per heavy atom. The Morgan fingerprint density at radius 1 is 1.00 bits per heavy atom. The highest BCUT2D eigenvalue weighted by molar-refractivity contribution is 5.93. The van der Waals surface area contributed by atoms with Gasteiger partial charge in [-0.1, -0.05) is 30.3 Å². The number of hydrogen-bond acceptors (Lipinski definition) is 2. The van der Waals surface area contributed by atoms with Gasteiger partial charge in [-0.3, -0.25) is 4.79 Å². The van der Waals surface area contributed by atoms with Crippen molar-refractivity contribution in [2.24, 2.45) is 0 Å². The second-order valence-corrected chi connectivity index (χ2v) is 5.11. The topological polar surface area (TPSA) is 41.1 Å². The van der Waals surface area contributed by atoms with E-state index in [0.29, 0.717) is 18.5 Å². The number of nitrogens with one attached hydrogen (secondary N) is 2. The molecular weight excluding hydrogens is 324 g/mol. The molecule has 24 heavy (non-hydrogen) atoms. The van der Waals surface area contributed by atoms with Gasteiger partial charge >= 0.3 is 6.18 Å². The molecule has 0 unspecified atom stereocenters. The van der Waals surface area contributed by atoms with Crippen LogP contribution in [0, 0.1) is 5.82 Å². The van der Waals surface area contributed by atoms with E-state index in [1.807, 2.05) is 0 Å². The van der Waals surface area contributed by atoms with Gasteiger partial charge in [0.25, 0.3) is 0 Å². The minimum atomic E-state index is -4.54. The van der Waals surface area contributed by atoms with Gasteiger partial charge in [-0.2, -0.15) is 13.2 Å². The molecule has 0 bridgehead atoms. The Hall–Kier alpha value is -2.41. The van der Waals surface area contributed by atoms with Gasteiger partial charge in [0.15, 0.2) is 0 Å². The maximum absolute atomic E-state index is 13.4. The summed E-state index contributed by atoms with van der Waals surface area (Å²) in [7, 11) is 0. The lowest BCUT2D eigenvalue weighted by Gasteiger charge is -2.13. The molecule has 2 aromatic carbocycles. The molecule has 1 amide bonds. The summed E-state index contributed by atoms with van der Waals surface area (Å²) in [6.07, 6.45) is -4.17. The monoisotopic (exact) mass is 340 g/mol. The average Bonchev–Trinajstić information content (AvgIpc) is 2.52. The SMILES string of the molecule is O=C(CNCCc1ccccc1F)Nc1ccccc1C(F)(F)F. The smallest absolute Gasteiger partial charge is 0.324 e. The van der Waals surface area contributed by atoms with E-state index in [2.05, 4.69) is 10.6 Å². The lowest BCUT2D eigenvalue weighted by atomic mass is 10.1. The van der Waals surface area contributed by atoms with Crippen molar-refractivity contribution in [2.75, 3.05) is 18.4 Å². The summed E-state index contributed by atoms with van der Waals surface area (Å²) >= 11 is 0. The van der Waals surface area contributed by atoms with Gasteiger partial charge in [-0.15, -0.1) is 0 Å². The summed E-state index contributed by atoms with van der Waals surface area (Å²) in [5.41, 5.74) is -0.677. The Morgan fingerprint density at radius 3 is 2.38 bits per heavy atom. The third-order valence-corrected chi connectivity index (χ3v) is 3.32. The Kier molecular flexibility index (Phi) is 5.92. The van der Waals surface area contributed by atoms with E-state index in [1.165, 1.54) is 24.3 Å². The summed E-state index contributed by atoms with van der Waals surface area (Å²) in [5, 5.41) is 5.01. The molecule has 2 rings (SSSR count). The largest absolute Gasteiger partial charge is 0.418 e. The van der Waals surface area contributed by atoms with E-state index in [4.69, 9.17) is 0 Å². The van der Waals surface area contributed by atoms with Crippen molar-refractivity contribution >= 4 is 11.6 Å². The molecule has 0 saturated carbocycles. The summed E-state index contributed by atoms with van der Waals surface area (Å²) in [4.78, 5) is 11.8. The predicted octanol–water partition coefficient (Wildman–Crippen LogP) is 3.62. The normalized spacial score (nSPS) is 11.3. The van der Waals surface area contributed by atoms with Crippen LogP contribution < -0.4 is 10.6 Å². The fourth-order valence-electron chi connectivity index (χ4n) is 2.16. The van der Waals surface area contributed by atoms with Crippen LogP contribution in [-0.2, 0) is 17.4 Å². The molecule has 0 atom stereocenters. The first-order valence-electron chi connectivity index (χ1n) is 7.28. The number of rotatable bonds is 6. The quantitative estimate of drug-likeness (QED) is 0.623. The molecule has 0 aliphatic carbocycles. The Balaban J connectivity index is 1.83. The molecule has 7 heteroatoms. The van der Waals surface area contributed by atoms with Gasteiger partial charge in [-0.25, -0.2) is 4.39 Å². The van der Waals surface area contributed by atoms with Crippen LogP contribution in [0.5, 0.6) is 0 Å². The van der Waals surface area contributed by atoms with E-state index in [-0.39, 0.29) is 18.0 Å². The number of carbonyl (C=O) groups excluding carboxylic acids is 1. The van der Waals surface area contributed by atoms with Crippen molar-refractivity contribution in [3.8, 4) is 0 Å². The van der Waals surface area contributed by atoms with Crippen LogP contribution in [0.25, 0.3) is 0 Å². The standard InChI is InChI=1S/C17H16F4N2O/c18-14-7-3-1-5-12(14)9-10-22-11-16(24)23-15-8-4-2-6-13(15)17(19,20)21/h1-8,22H,9-11H2,(H,23,24). The van der Waals surface area contributed by atoms with Gasteiger partial charge in [0.05, 0.1) is 17.8 Å². The summed E-state index contributed by atoms with van der Waals surface area (Å²) in [6.45, 7) is 0.163. The molecule has 0 spiro atoms. The van der Waals surface area contributed by atoms with Gasteiger partial charge in [0.2, 0.25) is 5.91 Å². The van der Waals surface area contributed by atoms with E-state index in [0.717, 1.165) is 6.07 Å². The molecule has 128 valence electrons. The van der Waals surface area contributed by atoms with E-state index in [1.54, 1.807) is 18.2 Å². The Labute approximate surface area is 136 Å². The van der Waals surface area contributed by atoms with Crippen molar-refractivity contribution in [3.05, 3.63) is 65.5 Å². The van der Waals surface area contributed by atoms with Crippen LogP contribution in [0.3, 0.4) is 0 Å². The average molecular weight is 340 g/mol. The number of anilines is 1. The lowest BCUT2D eigenvalue weighted by molar-refractivity contribution is -0.137. The minimum absolute atomic E-state index is 0.166. The van der Waals surface area contributed by atoms with Crippen molar-refractivity contribution in [3.63, 3.8) is 0 Å². The van der Waals surface area contributed by atoms with Gasteiger partial charge in [0.1, 0.15) is 5.82 Å². The number of amides is 1. The molecule has 0 aliphatic rings. The van der Waals surface area contributed by atoms with Crippen molar-refractivity contribution in [1.82, 2.24) is 5.32 Å². The fraction of sp³-hybridized carbons (Fsp3) is 0.235. The molecule has 2 N–H and O–H groups in total. The molecule has 0 aliphatic heterocycles. The predicted molar refractivity (Wildman–Crippen MR) is 83.0 cm³/mol. The van der Waals surface area contributed by atoms with Crippen molar-refractivity contribution in [2.45, 2.75) is 12.6 Å². The number of para-hydroxylation sites is 1. The van der Waals surface area contributed by atoms with Gasteiger partial charge in [-0.05, 0) is 36.7 Å². The molecule has 0 radical (unpaired) electrons. The molecular formula is C17H16F4N2O. The number of hydrogen-bond donors (Lipinski definition) is 2. The van der Waals surface area contributed by atoms with Crippen LogP contribution >= 0.6 is 0 Å². The number of halogens is 4. The van der Waals surface area contributed by atoms with E-state index in [9.17, 15) is 22.4 Å². The van der Waals surface area contributed by atoms with Crippen LogP contribution in [0.1, 0.15) is 11.1 Å². The van der Waals surface area contributed by atoms with E-state index >= 15 is 0 Å². The number of carbonyl (C=O) groups is 1. The molecule has 0 fully saturated rings. The summed E-state index contributed by atoms with van der Waals surface area (Å²) in [6, 6.07) is 11.0. The van der Waals surface area contributed by atoms with Gasteiger partial charge in [0, 0.05) is 0 Å². The third kappa shape index (κ3) is 5.06. The maximum Gasteiger partial charge on any atom is 0.418 e. The first-order chi connectivity index (χ1) is 11.4. The summed E-state index contributed by atoms with van der Waals surface area (Å²) < 4.78 is 51.9. The van der Waals surface area contributed by atoms with Crippen LogP contribution in [0.2, 0.25) is 0 Å². The molecule has 0 saturated heterocycles. The highest BCUT2D eigenvalue weighted by Crippen LogP contribution is 2.34. The second kappa shape index (κ2) is 7.92. The van der Waals surface area contributed by atoms with Crippen LogP contribution in [0.15, 0.2) is 48.5 Å². The van der Waals surface area contributed by atoms with Crippen LogP contribution in [-0.4, -0.2) is 19.0 Å².